The van der Waals surface area contributed by atoms with Gasteiger partial charge in [0.25, 0.3) is 0 Å². The van der Waals surface area contributed by atoms with Crippen molar-refractivity contribution < 1.29 is 14.2 Å². The van der Waals surface area contributed by atoms with Crippen molar-refractivity contribution in [1.82, 2.24) is 4.90 Å². The summed E-state index contributed by atoms with van der Waals surface area (Å²) in [6.07, 6.45) is -0.553. The molecule has 1 unspecified atom stereocenters. The number of aliphatic hydroxyl groups excluding tert-OH is 1. The number of aryl methyl sites for hydroxylation is 1. The largest absolute Gasteiger partial charge is 0.491 e. The van der Waals surface area contributed by atoms with Crippen molar-refractivity contribution >= 4 is 17.3 Å². The van der Waals surface area contributed by atoms with Gasteiger partial charge in [-0.05, 0) is 55.0 Å². The predicted molar refractivity (Wildman–Crippen MR) is 103 cm³/mol. The highest BCUT2D eigenvalue weighted by Gasteiger charge is 2.20. The van der Waals surface area contributed by atoms with E-state index >= 15 is 0 Å². The number of rotatable bonds is 6. The molecule has 0 spiro atoms. The van der Waals surface area contributed by atoms with E-state index in [4.69, 9.17) is 16.3 Å². The van der Waals surface area contributed by atoms with E-state index in [1.165, 1.54) is 12.1 Å². The monoisotopic (exact) mass is 378 g/mol. The summed E-state index contributed by atoms with van der Waals surface area (Å²) in [6.45, 7) is 6.18. The fraction of sp³-hybridized carbons (Fsp3) is 0.400. The highest BCUT2D eigenvalue weighted by Crippen LogP contribution is 2.22. The Hall–Kier alpha value is -1.82. The third-order valence-corrected chi connectivity index (χ3v) is 4.84. The van der Waals surface area contributed by atoms with E-state index in [9.17, 15) is 9.50 Å². The minimum Gasteiger partial charge on any atom is -0.491 e. The van der Waals surface area contributed by atoms with Gasteiger partial charge < -0.3 is 14.7 Å². The number of aliphatic hydroxyl groups is 1. The van der Waals surface area contributed by atoms with Crippen LogP contribution in [0.3, 0.4) is 0 Å². The van der Waals surface area contributed by atoms with Crippen LogP contribution in [0.15, 0.2) is 42.5 Å². The Labute approximate surface area is 158 Å². The van der Waals surface area contributed by atoms with Gasteiger partial charge in [-0.15, -0.1) is 0 Å². The highest BCUT2D eigenvalue weighted by molar-refractivity contribution is 6.30. The Balaban J connectivity index is 1.43. The van der Waals surface area contributed by atoms with E-state index in [0.29, 0.717) is 11.6 Å². The fourth-order valence-corrected chi connectivity index (χ4v) is 3.38. The number of anilines is 1. The Morgan fingerprint density at radius 2 is 1.81 bits per heavy atom. The van der Waals surface area contributed by atoms with Gasteiger partial charge in [-0.1, -0.05) is 11.6 Å². The molecule has 3 rings (SSSR count). The van der Waals surface area contributed by atoms with Gasteiger partial charge in [0.1, 0.15) is 24.3 Å². The van der Waals surface area contributed by atoms with E-state index in [-0.39, 0.29) is 12.4 Å². The van der Waals surface area contributed by atoms with Crippen LogP contribution >= 0.6 is 11.6 Å². The molecule has 0 radical (unpaired) electrons. The zero-order chi connectivity index (χ0) is 18.5. The second-order valence-corrected chi connectivity index (χ2v) is 7.08. The quantitative estimate of drug-likeness (QED) is 0.836. The minimum atomic E-state index is -0.553. The maximum atomic E-state index is 13.0. The van der Waals surface area contributed by atoms with E-state index in [1.54, 1.807) is 6.07 Å². The lowest BCUT2D eigenvalue weighted by molar-refractivity contribution is 0.0661. The SMILES string of the molecule is Cc1cc(Cl)ccc1OCC(O)CN1CCN(c2ccc(F)cc2)CC1. The van der Waals surface area contributed by atoms with Crippen molar-refractivity contribution in [3.8, 4) is 5.75 Å². The zero-order valence-corrected chi connectivity index (χ0v) is 15.6. The summed E-state index contributed by atoms with van der Waals surface area (Å²) in [4.78, 5) is 4.46. The lowest BCUT2D eigenvalue weighted by atomic mass is 10.2. The van der Waals surface area contributed by atoms with Crippen molar-refractivity contribution in [2.75, 3.05) is 44.2 Å². The van der Waals surface area contributed by atoms with Crippen LogP contribution in [0, 0.1) is 12.7 Å². The van der Waals surface area contributed by atoms with Gasteiger partial charge in [-0.3, -0.25) is 4.90 Å². The van der Waals surface area contributed by atoms with Crippen LogP contribution in [0.1, 0.15) is 5.56 Å². The number of nitrogens with zero attached hydrogens (tertiary/aromatic N) is 2. The summed E-state index contributed by atoms with van der Waals surface area (Å²) in [5.41, 5.74) is 1.99. The normalized spacial score (nSPS) is 16.5. The topological polar surface area (TPSA) is 35.9 Å². The first kappa shape index (κ1) is 19.0. The molecule has 4 nitrogen and oxygen atoms in total. The van der Waals surface area contributed by atoms with Crippen LogP contribution in [0.5, 0.6) is 5.75 Å². The third kappa shape index (κ3) is 5.10. The molecule has 1 fully saturated rings. The Morgan fingerprint density at radius 3 is 2.46 bits per heavy atom. The van der Waals surface area contributed by atoms with Crippen LogP contribution in [-0.4, -0.2) is 55.4 Å². The van der Waals surface area contributed by atoms with Crippen LogP contribution in [0.4, 0.5) is 10.1 Å². The van der Waals surface area contributed by atoms with Gasteiger partial charge in [0, 0.05) is 43.4 Å². The van der Waals surface area contributed by atoms with Crippen molar-refractivity contribution in [2.45, 2.75) is 13.0 Å². The van der Waals surface area contributed by atoms with Gasteiger partial charge in [0.05, 0.1) is 0 Å². The molecule has 140 valence electrons. The van der Waals surface area contributed by atoms with Crippen molar-refractivity contribution in [2.24, 2.45) is 0 Å². The van der Waals surface area contributed by atoms with Gasteiger partial charge in [-0.25, -0.2) is 4.39 Å². The van der Waals surface area contributed by atoms with Crippen LogP contribution < -0.4 is 9.64 Å². The summed E-state index contributed by atoms with van der Waals surface area (Å²) >= 11 is 5.94. The number of hydrogen-bond acceptors (Lipinski definition) is 4. The van der Waals surface area contributed by atoms with Crippen LogP contribution in [-0.2, 0) is 0 Å². The smallest absolute Gasteiger partial charge is 0.123 e. The molecule has 1 saturated heterocycles. The average molecular weight is 379 g/mol. The number of hydrogen-bond donors (Lipinski definition) is 1. The second-order valence-electron chi connectivity index (χ2n) is 6.64. The van der Waals surface area contributed by atoms with Crippen LogP contribution in [0.2, 0.25) is 5.02 Å². The molecule has 1 heterocycles. The maximum Gasteiger partial charge on any atom is 0.123 e. The molecule has 1 N–H and O–H groups in total. The first-order valence-electron chi connectivity index (χ1n) is 8.81. The van der Waals surface area contributed by atoms with Crippen molar-refractivity contribution in [3.63, 3.8) is 0 Å². The number of piperazine rings is 1. The fourth-order valence-electron chi connectivity index (χ4n) is 3.15. The molecule has 1 aliphatic heterocycles. The molecule has 26 heavy (non-hydrogen) atoms. The summed E-state index contributed by atoms with van der Waals surface area (Å²) < 4.78 is 18.7. The summed E-state index contributed by atoms with van der Waals surface area (Å²) in [6, 6.07) is 12.0. The lowest BCUT2D eigenvalue weighted by Crippen LogP contribution is -2.49. The van der Waals surface area contributed by atoms with Crippen molar-refractivity contribution in [3.05, 3.63) is 58.9 Å². The zero-order valence-electron chi connectivity index (χ0n) is 14.9. The third-order valence-electron chi connectivity index (χ3n) is 4.60. The van der Waals surface area contributed by atoms with Gasteiger partial charge in [-0.2, -0.15) is 0 Å². The summed E-state index contributed by atoms with van der Waals surface area (Å²) in [5.74, 6) is 0.529. The minimum absolute atomic E-state index is 0.216. The Kier molecular flexibility index (Phi) is 6.35. The van der Waals surface area contributed by atoms with Gasteiger partial charge in [0.15, 0.2) is 0 Å². The summed E-state index contributed by atoms with van der Waals surface area (Å²) in [7, 11) is 0. The Morgan fingerprint density at radius 1 is 1.12 bits per heavy atom. The lowest BCUT2D eigenvalue weighted by Gasteiger charge is -2.36. The Bertz CT molecular complexity index is 718. The van der Waals surface area contributed by atoms with E-state index in [1.807, 2.05) is 31.2 Å². The molecule has 0 saturated carbocycles. The predicted octanol–water partition coefficient (Wildman–Crippen LogP) is 3.35. The second kappa shape index (κ2) is 8.71. The number of β-amino-alcohol motifs (C(OH)–C–C–N with tert-alkyl or cyclic N) is 1. The molecule has 1 aliphatic rings. The first-order chi connectivity index (χ1) is 12.5. The molecule has 2 aromatic carbocycles. The van der Waals surface area contributed by atoms with E-state index in [0.717, 1.165) is 43.2 Å². The molecule has 0 amide bonds. The molecule has 0 aromatic heterocycles. The number of ether oxygens (including phenoxy) is 1. The standard InChI is InChI=1S/C20H24ClFN2O2/c1-15-12-16(21)2-7-20(15)26-14-19(25)13-23-8-10-24(11-9-23)18-5-3-17(22)4-6-18/h2-7,12,19,25H,8-11,13-14H2,1H3. The molecular weight excluding hydrogens is 355 g/mol. The highest BCUT2D eigenvalue weighted by atomic mass is 35.5. The van der Waals surface area contributed by atoms with Crippen molar-refractivity contribution in [1.29, 1.82) is 0 Å². The summed E-state index contributed by atoms with van der Waals surface area (Å²) in [5, 5.41) is 10.9. The molecular formula is C20H24ClFN2O2. The molecule has 2 aromatic rings. The maximum absolute atomic E-state index is 13.0. The molecule has 0 bridgehead atoms. The average Bonchev–Trinajstić information content (AvgIpc) is 2.62. The molecule has 1 atom stereocenters. The van der Waals surface area contributed by atoms with Crippen LogP contribution in [0.25, 0.3) is 0 Å². The van der Waals surface area contributed by atoms with Gasteiger partial charge in [0.2, 0.25) is 0 Å². The first-order valence-corrected chi connectivity index (χ1v) is 9.19. The number of halogens is 2. The molecule has 0 aliphatic carbocycles. The van der Waals surface area contributed by atoms with E-state index in [2.05, 4.69) is 9.80 Å². The molecule has 6 heteroatoms. The van der Waals surface area contributed by atoms with Gasteiger partial charge >= 0.3 is 0 Å². The number of benzene rings is 2. The van der Waals surface area contributed by atoms with E-state index < -0.39 is 6.10 Å².